The van der Waals surface area contributed by atoms with E-state index in [0.29, 0.717) is 17.2 Å². The normalized spacial score (nSPS) is 15.7. The summed E-state index contributed by atoms with van der Waals surface area (Å²) in [6, 6.07) is 16.2. The Balaban J connectivity index is 1.33. The molecule has 2 aromatic carbocycles. The fourth-order valence-corrected chi connectivity index (χ4v) is 3.41. The molecule has 31 heavy (non-hydrogen) atoms. The molecule has 0 N–H and O–H groups in total. The van der Waals surface area contributed by atoms with Crippen LogP contribution in [0.15, 0.2) is 59.1 Å². The van der Waals surface area contributed by atoms with Crippen molar-refractivity contribution >= 4 is 17.6 Å². The first-order valence-corrected chi connectivity index (χ1v) is 9.78. The standard InChI is InChI=1S/C23H22N2O6/c1-28-19-7-3-15(4-8-19)21-12-17(24-31-21)14-30-23(27)16-11-22(26)25(13-16)18-5-9-20(29-2)10-6-18/h3-10,12,16H,11,13-14H2,1-2H3. The van der Waals surface area contributed by atoms with Gasteiger partial charge in [-0.25, -0.2) is 0 Å². The average molecular weight is 422 g/mol. The maximum atomic E-state index is 12.5. The number of methoxy groups -OCH3 is 2. The van der Waals surface area contributed by atoms with Crippen LogP contribution in [0.4, 0.5) is 5.69 Å². The van der Waals surface area contributed by atoms with E-state index in [0.717, 1.165) is 17.0 Å². The van der Waals surface area contributed by atoms with Gasteiger partial charge < -0.3 is 23.6 Å². The Morgan fingerprint density at radius 2 is 1.71 bits per heavy atom. The van der Waals surface area contributed by atoms with Gasteiger partial charge in [-0.1, -0.05) is 5.16 Å². The van der Waals surface area contributed by atoms with Crippen molar-refractivity contribution in [2.75, 3.05) is 25.7 Å². The van der Waals surface area contributed by atoms with E-state index < -0.39 is 11.9 Å². The Morgan fingerprint density at radius 1 is 1.06 bits per heavy atom. The summed E-state index contributed by atoms with van der Waals surface area (Å²) < 4.78 is 21.0. The molecule has 1 fully saturated rings. The number of nitrogens with zero attached hydrogens (tertiary/aromatic N) is 2. The van der Waals surface area contributed by atoms with Gasteiger partial charge in [0.2, 0.25) is 5.91 Å². The van der Waals surface area contributed by atoms with E-state index in [2.05, 4.69) is 5.16 Å². The van der Waals surface area contributed by atoms with Gasteiger partial charge in [0.1, 0.15) is 23.8 Å². The van der Waals surface area contributed by atoms with Gasteiger partial charge in [0.15, 0.2) is 5.76 Å². The summed E-state index contributed by atoms with van der Waals surface area (Å²) in [6.07, 6.45) is 0.112. The lowest BCUT2D eigenvalue weighted by Crippen LogP contribution is -2.26. The van der Waals surface area contributed by atoms with Crippen molar-refractivity contribution < 1.29 is 28.3 Å². The lowest BCUT2D eigenvalue weighted by Gasteiger charge is -2.16. The second kappa shape index (κ2) is 8.91. The molecule has 1 aliphatic heterocycles. The van der Waals surface area contributed by atoms with Crippen LogP contribution in [0.25, 0.3) is 11.3 Å². The Kier molecular flexibility index (Phi) is 5.88. The molecule has 0 aliphatic carbocycles. The van der Waals surface area contributed by atoms with Crippen LogP contribution in [0, 0.1) is 5.92 Å². The molecule has 160 valence electrons. The monoisotopic (exact) mass is 422 g/mol. The van der Waals surface area contributed by atoms with Crippen molar-refractivity contribution in [1.82, 2.24) is 5.16 Å². The quantitative estimate of drug-likeness (QED) is 0.539. The van der Waals surface area contributed by atoms with Crippen LogP contribution in [0.2, 0.25) is 0 Å². The zero-order valence-corrected chi connectivity index (χ0v) is 17.2. The fraction of sp³-hybridized carbons (Fsp3) is 0.261. The van der Waals surface area contributed by atoms with Crippen LogP contribution in [0.5, 0.6) is 11.5 Å². The number of hydrogen-bond donors (Lipinski definition) is 0. The van der Waals surface area contributed by atoms with Gasteiger partial charge in [-0.3, -0.25) is 9.59 Å². The third kappa shape index (κ3) is 4.53. The summed E-state index contributed by atoms with van der Waals surface area (Å²) in [4.78, 5) is 26.5. The summed E-state index contributed by atoms with van der Waals surface area (Å²) in [6.45, 7) is 0.256. The topological polar surface area (TPSA) is 91.1 Å². The number of anilines is 1. The molecular formula is C23H22N2O6. The highest BCUT2D eigenvalue weighted by Gasteiger charge is 2.36. The van der Waals surface area contributed by atoms with Crippen LogP contribution < -0.4 is 14.4 Å². The minimum absolute atomic E-state index is 0.0221. The third-order valence-electron chi connectivity index (χ3n) is 5.14. The van der Waals surface area contributed by atoms with E-state index in [1.165, 1.54) is 0 Å². The first-order chi connectivity index (χ1) is 15.1. The highest BCUT2D eigenvalue weighted by molar-refractivity contribution is 5.99. The zero-order valence-electron chi connectivity index (χ0n) is 17.2. The molecule has 1 aliphatic rings. The Labute approximate surface area is 179 Å². The molecule has 2 heterocycles. The predicted molar refractivity (Wildman–Crippen MR) is 112 cm³/mol. The molecule has 0 radical (unpaired) electrons. The van der Waals surface area contributed by atoms with Crippen molar-refractivity contribution in [2.45, 2.75) is 13.0 Å². The number of aromatic nitrogens is 1. The SMILES string of the molecule is COc1ccc(-c2cc(COC(=O)C3CC(=O)N(c4ccc(OC)cc4)C3)no2)cc1. The lowest BCUT2D eigenvalue weighted by atomic mass is 10.1. The molecule has 1 amide bonds. The lowest BCUT2D eigenvalue weighted by molar-refractivity contribution is -0.149. The fourth-order valence-electron chi connectivity index (χ4n) is 3.41. The highest BCUT2D eigenvalue weighted by Crippen LogP contribution is 2.28. The minimum Gasteiger partial charge on any atom is -0.497 e. The van der Waals surface area contributed by atoms with Gasteiger partial charge in [-0.05, 0) is 48.5 Å². The van der Waals surface area contributed by atoms with Gasteiger partial charge in [0.25, 0.3) is 0 Å². The van der Waals surface area contributed by atoms with Gasteiger partial charge in [-0.2, -0.15) is 0 Å². The highest BCUT2D eigenvalue weighted by atomic mass is 16.5. The van der Waals surface area contributed by atoms with Gasteiger partial charge >= 0.3 is 5.97 Å². The molecule has 0 spiro atoms. The first kappa shape index (κ1) is 20.5. The number of hydrogen-bond acceptors (Lipinski definition) is 7. The van der Waals surface area contributed by atoms with E-state index in [1.807, 2.05) is 24.3 Å². The van der Waals surface area contributed by atoms with E-state index >= 15 is 0 Å². The van der Waals surface area contributed by atoms with Crippen molar-refractivity contribution in [3.63, 3.8) is 0 Å². The van der Waals surface area contributed by atoms with Crippen LogP contribution in [-0.4, -0.2) is 37.8 Å². The summed E-state index contributed by atoms with van der Waals surface area (Å²) in [7, 11) is 3.18. The summed E-state index contributed by atoms with van der Waals surface area (Å²) >= 11 is 0. The van der Waals surface area contributed by atoms with Crippen molar-refractivity contribution in [2.24, 2.45) is 5.92 Å². The van der Waals surface area contributed by atoms with Crippen LogP contribution in [-0.2, 0) is 20.9 Å². The smallest absolute Gasteiger partial charge is 0.311 e. The Morgan fingerprint density at radius 3 is 2.35 bits per heavy atom. The van der Waals surface area contributed by atoms with Crippen molar-refractivity contribution in [1.29, 1.82) is 0 Å². The molecule has 0 bridgehead atoms. The molecule has 8 nitrogen and oxygen atoms in total. The molecule has 1 aromatic heterocycles. The van der Waals surface area contributed by atoms with Crippen LogP contribution in [0.3, 0.4) is 0 Å². The molecule has 1 unspecified atom stereocenters. The van der Waals surface area contributed by atoms with E-state index in [4.69, 9.17) is 18.7 Å². The van der Waals surface area contributed by atoms with Crippen LogP contribution >= 0.6 is 0 Å². The van der Waals surface area contributed by atoms with Crippen molar-refractivity contribution in [3.05, 3.63) is 60.3 Å². The number of benzene rings is 2. The van der Waals surface area contributed by atoms with Gasteiger partial charge in [-0.15, -0.1) is 0 Å². The van der Waals surface area contributed by atoms with E-state index in [1.54, 1.807) is 49.5 Å². The number of amides is 1. The maximum absolute atomic E-state index is 12.5. The first-order valence-electron chi connectivity index (χ1n) is 9.78. The largest absolute Gasteiger partial charge is 0.497 e. The molecule has 1 saturated heterocycles. The zero-order chi connectivity index (χ0) is 21.8. The summed E-state index contributed by atoms with van der Waals surface area (Å²) in [5.41, 5.74) is 2.06. The number of carbonyl (C=O) groups is 2. The maximum Gasteiger partial charge on any atom is 0.311 e. The summed E-state index contributed by atoms with van der Waals surface area (Å²) in [5.74, 6) is 0.937. The molecule has 0 saturated carbocycles. The average Bonchev–Trinajstić information content (AvgIpc) is 3.44. The Bertz CT molecular complexity index is 1060. The second-order valence-corrected chi connectivity index (χ2v) is 7.12. The summed E-state index contributed by atoms with van der Waals surface area (Å²) in [5, 5.41) is 3.95. The number of ether oxygens (including phenoxy) is 3. The molecule has 8 heteroatoms. The van der Waals surface area contributed by atoms with Gasteiger partial charge in [0, 0.05) is 30.3 Å². The van der Waals surface area contributed by atoms with Crippen LogP contribution in [0.1, 0.15) is 12.1 Å². The Hall–Kier alpha value is -3.81. The van der Waals surface area contributed by atoms with E-state index in [9.17, 15) is 9.59 Å². The second-order valence-electron chi connectivity index (χ2n) is 7.12. The number of esters is 1. The molecule has 3 aromatic rings. The van der Waals surface area contributed by atoms with Gasteiger partial charge in [0.05, 0.1) is 20.1 Å². The van der Waals surface area contributed by atoms with E-state index in [-0.39, 0.29) is 25.5 Å². The molecule has 1 atom stereocenters. The molecule has 4 rings (SSSR count). The number of rotatable bonds is 7. The number of carbonyl (C=O) groups excluding carboxylic acids is 2. The minimum atomic E-state index is -0.525. The predicted octanol–water partition coefficient (Wildman–Crippen LogP) is 3.46. The molecular weight excluding hydrogens is 400 g/mol. The third-order valence-corrected chi connectivity index (χ3v) is 5.14. The van der Waals surface area contributed by atoms with Crippen molar-refractivity contribution in [3.8, 4) is 22.8 Å².